The lowest BCUT2D eigenvalue weighted by Crippen LogP contribution is -2.54. The van der Waals surface area contributed by atoms with E-state index in [4.69, 9.17) is 4.74 Å². The Morgan fingerprint density at radius 2 is 2.09 bits per heavy atom. The molecule has 0 bridgehead atoms. The molecule has 3 rings (SSSR count). The van der Waals surface area contributed by atoms with Crippen molar-refractivity contribution in [2.24, 2.45) is 5.92 Å². The maximum Gasteiger partial charge on any atom is 0.264 e. The summed E-state index contributed by atoms with van der Waals surface area (Å²) in [6.45, 7) is 5.99. The standard InChI is InChI=1S/C17H20BrNO4/c1-4-19-13-6-5-10(18)7-11(13)17(22,15(19)21)12-9-23-16(2,3)8-14(12)20/h5-7,12,22H,4,8-9H2,1-3H3/t12-,17-/m0/s1. The average molecular weight is 382 g/mol. The predicted octanol–water partition coefficient (Wildman–Crippen LogP) is 2.39. The number of halogens is 1. The summed E-state index contributed by atoms with van der Waals surface area (Å²) in [5, 5.41) is 11.3. The molecule has 6 heteroatoms. The molecule has 124 valence electrons. The summed E-state index contributed by atoms with van der Waals surface area (Å²) in [6, 6.07) is 5.33. The van der Waals surface area contributed by atoms with Gasteiger partial charge in [0.2, 0.25) is 0 Å². The van der Waals surface area contributed by atoms with E-state index in [1.165, 1.54) is 4.90 Å². The second-order valence-corrected chi connectivity index (χ2v) is 7.66. The van der Waals surface area contributed by atoms with Crippen LogP contribution < -0.4 is 4.90 Å². The van der Waals surface area contributed by atoms with Crippen LogP contribution in [-0.2, 0) is 19.9 Å². The van der Waals surface area contributed by atoms with Crippen LogP contribution in [0.2, 0.25) is 0 Å². The van der Waals surface area contributed by atoms with Gasteiger partial charge in [-0.15, -0.1) is 0 Å². The first kappa shape index (κ1) is 16.6. The van der Waals surface area contributed by atoms with Gasteiger partial charge in [-0.2, -0.15) is 0 Å². The fraction of sp³-hybridized carbons (Fsp3) is 0.529. The number of nitrogens with zero attached hydrogens (tertiary/aromatic N) is 1. The lowest BCUT2D eigenvalue weighted by molar-refractivity contribution is -0.172. The van der Waals surface area contributed by atoms with Crippen LogP contribution in [0.1, 0.15) is 32.8 Å². The van der Waals surface area contributed by atoms with E-state index < -0.39 is 23.0 Å². The Balaban J connectivity index is 2.09. The minimum Gasteiger partial charge on any atom is -0.375 e. The van der Waals surface area contributed by atoms with Gasteiger partial charge >= 0.3 is 0 Å². The van der Waals surface area contributed by atoms with E-state index in [2.05, 4.69) is 15.9 Å². The second kappa shape index (κ2) is 5.40. The van der Waals surface area contributed by atoms with Crippen molar-refractivity contribution in [2.45, 2.75) is 38.4 Å². The molecule has 1 fully saturated rings. The zero-order chi connectivity index (χ0) is 17.0. The number of rotatable bonds is 2. The number of hydrogen-bond donors (Lipinski definition) is 1. The summed E-state index contributed by atoms with van der Waals surface area (Å²) >= 11 is 3.38. The molecular formula is C17H20BrNO4. The molecule has 0 spiro atoms. The number of likely N-dealkylation sites (N-methyl/N-ethyl adjacent to an activating group) is 1. The first-order chi connectivity index (χ1) is 10.7. The first-order valence-electron chi connectivity index (χ1n) is 7.71. The molecule has 0 unspecified atom stereocenters. The summed E-state index contributed by atoms with van der Waals surface area (Å²) in [4.78, 5) is 27.0. The van der Waals surface area contributed by atoms with Crippen molar-refractivity contribution < 1.29 is 19.4 Å². The van der Waals surface area contributed by atoms with Crippen LogP contribution >= 0.6 is 15.9 Å². The molecule has 0 radical (unpaired) electrons. The van der Waals surface area contributed by atoms with E-state index in [0.29, 0.717) is 17.8 Å². The summed E-state index contributed by atoms with van der Waals surface area (Å²) in [5.74, 6) is -1.47. The largest absolute Gasteiger partial charge is 0.375 e. The van der Waals surface area contributed by atoms with Gasteiger partial charge in [0, 0.05) is 23.0 Å². The third-order valence-corrected chi connectivity index (χ3v) is 5.17. The fourth-order valence-electron chi connectivity index (χ4n) is 3.48. The number of benzene rings is 1. The Bertz CT molecular complexity index is 687. The molecule has 5 nitrogen and oxygen atoms in total. The highest BCUT2D eigenvalue weighted by Crippen LogP contribution is 2.47. The minimum absolute atomic E-state index is 0.0393. The van der Waals surface area contributed by atoms with Crippen molar-refractivity contribution in [3.05, 3.63) is 28.2 Å². The molecule has 2 aliphatic heterocycles. The highest BCUT2D eigenvalue weighted by Gasteiger charge is 2.58. The highest BCUT2D eigenvalue weighted by atomic mass is 79.9. The number of ketones is 1. The number of anilines is 1. The van der Waals surface area contributed by atoms with Crippen LogP contribution in [-0.4, -0.2) is 35.5 Å². The average Bonchev–Trinajstić information content (AvgIpc) is 2.67. The Morgan fingerprint density at radius 3 is 2.70 bits per heavy atom. The van der Waals surface area contributed by atoms with Crippen LogP contribution in [0, 0.1) is 5.92 Å². The Kier molecular flexibility index (Phi) is 3.90. The maximum absolute atomic E-state index is 12.9. The van der Waals surface area contributed by atoms with Crippen molar-refractivity contribution in [2.75, 3.05) is 18.1 Å². The number of carbonyl (C=O) groups is 2. The van der Waals surface area contributed by atoms with Gasteiger partial charge in [0.05, 0.1) is 23.8 Å². The molecule has 2 atom stereocenters. The molecule has 2 heterocycles. The van der Waals surface area contributed by atoms with Gasteiger partial charge in [-0.05, 0) is 39.0 Å². The number of amides is 1. The Morgan fingerprint density at radius 1 is 1.39 bits per heavy atom. The van der Waals surface area contributed by atoms with Crippen LogP contribution in [0.4, 0.5) is 5.69 Å². The monoisotopic (exact) mass is 381 g/mol. The van der Waals surface area contributed by atoms with E-state index >= 15 is 0 Å². The normalized spacial score (nSPS) is 29.8. The lowest BCUT2D eigenvalue weighted by Gasteiger charge is -2.39. The van der Waals surface area contributed by atoms with Crippen molar-refractivity contribution in [1.29, 1.82) is 0 Å². The smallest absolute Gasteiger partial charge is 0.264 e. The molecule has 1 saturated heterocycles. The van der Waals surface area contributed by atoms with Crippen LogP contribution in [0.3, 0.4) is 0 Å². The first-order valence-corrected chi connectivity index (χ1v) is 8.51. The number of Topliss-reactive ketones (excluding diaryl/α,β-unsaturated/α-hetero) is 1. The van der Waals surface area contributed by atoms with Crippen LogP contribution in [0.5, 0.6) is 0 Å². The number of ether oxygens (including phenoxy) is 1. The maximum atomic E-state index is 12.9. The second-order valence-electron chi connectivity index (χ2n) is 6.74. The van der Waals surface area contributed by atoms with Gasteiger partial charge in [-0.25, -0.2) is 0 Å². The molecule has 0 aromatic heterocycles. The third-order valence-electron chi connectivity index (χ3n) is 4.68. The highest BCUT2D eigenvalue weighted by molar-refractivity contribution is 9.10. The van der Waals surface area contributed by atoms with E-state index in [1.54, 1.807) is 12.1 Å². The van der Waals surface area contributed by atoms with Crippen LogP contribution in [0.15, 0.2) is 22.7 Å². The van der Waals surface area contributed by atoms with Crippen molar-refractivity contribution >= 4 is 33.3 Å². The van der Waals surface area contributed by atoms with Gasteiger partial charge in [0.15, 0.2) is 5.60 Å². The summed E-state index contributed by atoms with van der Waals surface area (Å²) < 4.78 is 6.48. The molecule has 1 aromatic carbocycles. The minimum atomic E-state index is -1.86. The van der Waals surface area contributed by atoms with Crippen LogP contribution in [0.25, 0.3) is 0 Å². The van der Waals surface area contributed by atoms with E-state index in [-0.39, 0.29) is 18.8 Å². The van der Waals surface area contributed by atoms with E-state index in [0.717, 1.165) is 4.47 Å². The number of carbonyl (C=O) groups excluding carboxylic acids is 2. The van der Waals surface area contributed by atoms with Gasteiger partial charge in [-0.3, -0.25) is 9.59 Å². The molecule has 23 heavy (non-hydrogen) atoms. The Labute approximate surface area is 143 Å². The molecular weight excluding hydrogens is 362 g/mol. The van der Waals surface area contributed by atoms with E-state index in [1.807, 2.05) is 26.8 Å². The van der Waals surface area contributed by atoms with E-state index in [9.17, 15) is 14.7 Å². The van der Waals surface area contributed by atoms with Crippen molar-refractivity contribution in [3.63, 3.8) is 0 Å². The number of aliphatic hydroxyl groups is 1. The quantitative estimate of drug-likeness (QED) is 0.853. The molecule has 1 aromatic rings. The van der Waals surface area contributed by atoms with Gasteiger partial charge in [0.25, 0.3) is 5.91 Å². The summed E-state index contributed by atoms with van der Waals surface area (Å²) in [7, 11) is 0. The molecule has 1 N–H and O–H groups in total. The number of fused-ring (bicyclic) bond motifs is 1. The summed E-state index contributed by atoms with van der Waals surface area (Å²) in [5.41, 5.74) is -1.29. The number of hydrogen-bond acceptors (Lipinski definition) is 4. The zero-order valence-electron chi connectivity index (χ0n) is 13.4. The molecule has 0 saturated carbocycles. The fourth-order valence-corrected chi connectivity index (χ4v) is 3.84. The summed E-state index contributed by atoms with van der Waals surface area (Å²) in [6.07, 6.45) is 0.183. The Hall–Kier alpha value is -1.24. The lowest BCUT2D eigenvalue weighted by atomic mass is 9.76. The molecule has 2 aliphatic rings. The molecule has 1 amide bonds. The SMILES string of the molecule is CCN1C(=O)[C@@](O)([C@H]2COC(C)(C)CC2=O)c2cc(Br)ccc21. The zero-order valence-corrected chi connectivity index (χ0v) is 15.0. The van der Waals surface area contributed by atoms with Gasteiger partial charge < -0.3 is 14.7 Å². The van der Waals surface area contributed by atoms with Crippen molar-refractivity contribution in [1.82, 2.24) is 0 Å². The van der Waals surface area contributed by atoms with Gasteiger partial charge in [-0.1, -0.05) is 15.9 Å². The van der Waals surface area contributed by atoms with Gasteiger partial charge in [0.1, 0.15) is 5.78 Å². The third kappa shape index (κ3) is 2.44. The molecule has 0 aliphatic carbocycles. The topological polar surface area (TPSA) is 66.8 Å². The predicted molar refractivity (Wildman–Crippen MR) is 89.2 cm³/mol. The van der Waals surface area contributed by atoms with Crippen molar-refractivity contribution in [3.8, 4) is 0 Å².